The summed E-state index contributed by atoms with van der Waals surface area (Å²) in [7, 11) is 1.89. The number of aryl methyl sites for hydroxylation is 1. The highest BCUT2D eigenvalue weighted by Gasteiger charge is 2.16. The molecule has 0 N–H and O–H groups in total. The maximum atomic E-state index is 5.26. The zero-order valence-corrected chi connectivity index (χ0v) is 11.1. The van der Waals surface area contributed by atoms with Crippen LogP contribution in [0.5, 0.6) is 0 Å². The van der Waals surface area contributed by atoms with Gasteiger partial charge in [0.15, 0.2) is 0 Å². The standard InChI is InChI=1S/C7H11BrN4O.BrH/c1-11-7(9-6(8)10-11)12-2-4-13-5-3-12;/h2-5H2,1H3;1H. The molecule has 1 aromatic rings. The van der Waals surface area contributed by atoms with Crippen molar-refractivity contribution in [1.29, 1.82) is 0 Å². The number of anilines is 1. The summed E-state index contributed by atoms with van der Waals surface area (Å²) in [6, 6.07) is 0. The molecule has 1 saturated heterocycles. The van der Waals surface area contributed by atoms with E-state index in [4.69, 9.17) is 4.74 Å². The number of hydrogen-bond donors (Lipinski definition) is 0. The van der Waals surface area contributed by atoms with Gasteiger partial charge in [-0.25, -0.2) is 4.68 Å². The fourth-order valence-electron chi connectivity index (χ4n) is 1.38. The van der Waals surface area contributed by atoms with Crippen molar-refractivity contribution in [3.63, 3.8) is 0 Å². The normalized spacial score (nSPS) is 16.6. The number of nitrogens with zero attached hydrogens (tertiary/aromatic N) is 4. The highest BCUT2D eigenvalue weighted by atomic mass is 79.9. The van der Waals surface area contributed by atoms with Crippen LogP contribution in [0.15, 0.2) is 4.73 Å². The molecule has 0 aliphatic carbocycles. The number of morpholine rings is 1. The van der Waals surface area contributed by atoms with E-state index in [0.717, 1.165) is 32.3 Å². The van der Waals surface area contributed by atoms with Crippen molar-refractivity contribution in [3.8, 4) is 0 Å². The minimum Gasteiger partial charge on any atom is -0.378 e. The highest BCUT2D eigenvalue weighted by molar-refractivity contribution is 9.10. The first-order chi connectivity index (χ1) is 6.27. The Morgan fingerprint density at radius 1 is 1.36 bits per heavy atom. The molecule has 0 aromatic carbocycles. The van der Waals surface area contributed by atoms with Crippen molar-refractivity contribution in [2.24, 2.45) is 7.05 Å². The van der Waals surface area contributed by atoms with Crippen LogP contribution in [0.4, 0.5) is 5.95 Å². The Kier molecular flexibility index (Phi) is 4.33. The van der Waals surface area contributed by atoms with Gasteiger partial charge in [0.1, 0.15) is 0 Å². The summed E-state index contributed by atoms with van der Waals surface area (Å²) in [5.74, 6) is 0.898. The topological polar surface area (TPSA) is 43.2 Å². The number of hydrogen-bond acceptors (Lipinski definition) is 4. The summed E-state index contributed by atoms with van der Waals surface area (Å²) in [6.07, 6.45) is 0. The smallest absolute Gasteiger partial charge is 0.224 e. The number of halogens is 2. The van der Waals surface area contributed by atoms with Crippen molar-refractivity contribution in [2.45, 2.75) is 0 Å². The molecule has 0 saturated carbocycles. The van der Waals surface area contributed by atoms with E-state index in [0.29, 0.717) is 4.73 Å². The summed E-state index contributed by atoms with van der Waals surface area (Å²) in [5.41, 5.74) is 0. The molecule has 1 aliphatic rings. The van der Waals surface area contributed by atoms with Gasteiger partial charge in [-0.1, -0.05) is 0 Å². The molecule has 2 rings (SSSR count). The summed E-state index contributed by atoms with van der Waals surface area (Å²) in [5, 5.41) is 4.13. The van der Waals surface area contributed by atoms with Crippen LogP contribution < -0.4 is 4.90 Å². The molecule has 80 valence electrons. The van der Waals surface area contributed by atoms with Gasteiger partial charge < -0.3 is 9.64 Å². The van der Waals surface area contributed by atoms with E-state index in [9.17, 15) is 0 Å². The molecule has 0 amide bonds. The van der Waals surface area contributed by atoms with Crippen molar-refractivity contribution < 1.29 is 4.74 Å². The third kappa shape index (κ3) is 2.46. The minimum atomic E-state index is 0. The Labute approximate surface area is 101 Å². The minimum absolute atomic E-state index is 0. The van der Waals surface area contributed by atoms with Gasteiger partial charge in [-0.05, 0) is 15.9 Å². The zero-order chi connectivity index (χ0) is 9.26. The SMILES string of the molecule is Br.Cn1nc(Br)nc1N1CCOCC1. The van der Waals surface area contributed by atoms with Crippen molar-refractivity contribution >= 4 is 38.9 Å². The third-order valence-electron chi connectivity index (χ3n) is 2.01. The Morgan fingerprint density at radius 3 is 2.50 bits per heavy atom. The van der Waals surface area contributed by atoms with E-state index in [2.05, 4.69) is 30.9 Å². The van der Waals surface area contributed by atoms with E-state index in [-0.39, 0.29) is 17.0 Å². The summed E-state index contributed by atoms with van der Waals surface area (Å²) >= 11 is 3.25. The Morgan fingerprint density at radius 2 is 2.00 bits per heavy atom. The van der Waals surface area contributed by atoms with Gasteiger partial charge in [-0.15, -0.1) is 22.1 Å². The fraction of sp³-hybridized carbons (Fsp3) is 0.714. The van der Waals surface area contributed by atoms with E-state index in [1.54, 1.807) is 4.68 Å². The molecule has 14 heavy (non-hydrogen) atoms. The summed E-state index contributed by atoms with van der Waals surface area (Å²) in [4.78, 5) is 6.44. The first kappa shape index (κ1) is 11.9. The van der Waals surface area contributed by atoms with E-state index in [1.165, 1.54) is 0 Å². The van der Waals surface area contributed by atoms with Crippen LogP contribution in [-0.4, -0.2) is 41.1 Å². The average molecular weight is 328 g/mol. The van der Waals surface area contributed by atoms with Crippen LogP contribution in [-0.2, 0) is 11.8 Å². The lowest BCUT2D eigenvalue weighted by Crippen LogP contribution is -2.37. The molecular formula is C7H12Br2N4O. The molecule has 0 atom stereocenters. The van der Waals surface area contributed by atoms with Crippen LogP contribution in [0.2, 0.25) is 0 Å². The molecule has 2 heterocycles. The Balaban J connectivity index is 0.000000980. The van der Waals surface area contributed by atoms with E-state index in [1.807, 2.05) is 7.05 Å². The predicted octanol–water partition coefficient (Wildman–Crippen LogP) is 0.992. The summed E-state index contributed by atoms with van der Waals surface area (Å²) < 4.78 is 7.67. The first-order valence-electron chi connectivity index (χ1n) is 4.16. The predicted molar refractivity (Wildman–Crippen MR) is 62.1 cm³/mol. The fourth-order valence-corrected chi connectivity index (χ4v) is 1.78. The molecule has 0 radical (unpaired) electrons. The molecule has 7 heteroatoms. The monoisotopic (exact) mass is 326 g/mol. The van der Waals surface area contributed by atoms with Gasteiger partial charge in [0, 0.05) is 20.1 Å². The molecule has 0 bridgehead atoms. The van der Waals surface area contributed by atoms with Gasteiger partial charge in [-0.2, -0.15) is 4.98 Å². The maximum absolute atomic E-state index is 5.26. The van der Waals surface area contributed by atoms with Gasteiger partial charge in [0.2, 0.25) is 10.7 Å². The Bertz CT molecular complexity index is 298. The van der Waals surface area contributed by atoms with E-state index >= 15 is 0 Å². The molecule has 1 fully saturated rings. The summed E-state index contributed by atoms with van der Waals surface area (Å²) in [6.45, 7) is 3.31. The van der Waals surface area contributed by atoms with Crippen LogP contribution in [0.3, 0.4) is 0 Å². The van der Waals surface area contributed by atoms with Gasteiger partial charge >= 0.3 is 0 Å². The molecule has 1 aromatic heterocycles. The van der Waals surface area contributed by atoms with Crippen molar-refractivity contribution in [1.82, 2.24) is 14.8 Å². The van der Waals surface area contributed by atoms with Crippen LogP contribution in [0.1, 0.15) is 0 Å². The number of aromatic nitrogens is 3. The van der Waals surface area contributed by atoms with Crippen molar-refractivity contribution in [3.05, 3.63) is 4.73 Å². The molecule has 1 aliphatic heterocycles. The Hall–Kier alpha value is -0.140. The third-order valence-corrected chi connectivity index (χ3v) is 2.34. The van der Waals surface area contributed by atoms with Crippen LogP contribution in [0.25, 0.3) is 0 Å². The van der Waals surface area contributed by atoms with Crippen molar-refractivity contribution in [2.75, 3.05) is 31.2 Å². The van der Waals surface area contributed by atoms with Gasteiger partial charge in [-0.3, -0.25) is 0 Å². The largest absolute Gasteiger partial charge is 0.378 e. The second kappa shape index (κ2) is 5.09. The average Bonchev–Trinajstić information content (AvgIpc) is 2.47. The lowest BCUT2D eigenvalue weighted by Gasteiger charge is -2.26. The second-order valence-corrected chi connectivity index (χ2v) is 3.61. The number of rotatable bonds is 1. The molecule has 0 unspecified atom stereocenters. The number of ether oxygens (including phenoxy) is 1. The zero-order valence-electron chi connectivity index (χ0n) is 7.81. The highest BCUT2D eigenvalue weighted by Crippen LogP contribution is 2.14. The molecular weight excluding hydrogens is 316 g/mol. The lowest BCUT2D eigenvalue weighted by atomic mass is 10.4. The maximum Gasteiger partial charge on any atom is 0.224 e. The first-order valence-corrected chi connectivity index (χ1v) is 4.96. The second-order valence-electron chi connectivity index (χ2n) is 2.90. The van der Waals surface area contributed by atoms with Crippen LogP contribution in [0, 0.1) is 0 Å². The van der Waals surface area contributed by atoms with Gasteiger partial charge in [0.05, 0.1) is 13.2 Å². The molecule has 5 nitrogen and oxygen atoms in total. The quantitative estimate of drug-likeness (QED) is 0.771. The lowest BCUT2D eigenvalue weighted by molar-refractivity contribution is 0.121. The van der Waals surface area contributed by atoms with Crippen LogP contribution >= 0.6 is 32.9 Å². The molecule has 0 spiro atoms. The van der Waals surface area contributed by atoms with E-state index < -0.39 is 0 Å². The van der Waals surface area contributed by atoms with Gasteiger partial charge in [0.25, 0.3) is 0 Å².